The molecule has 1 atom stereocenters. The quantitative estimate of drug-likeness (QED) is 0.596. The first-order valence-corrected chi connectivity index (χ1v) is 5.42. The predicted octanol–water partition coefficient (Wildman–Crippen LogP) is -0.486. The smallest absolute Gasteiger partial charge is 0.255 e. The fraction of sp³-hybridized carbons (Fsp3) is 0.800. The second-order valence-electron chi connectivity index (χ2n) is 4.00. The van der Waals surface area contributed by atoms with Crippen molar-refractivity contribution in [3.05, 3.63) is 0 Å². The number of morpholine rings is 1. The van der Waals surface area contributed by atoms with E-state index in [1.54, 1.807) is 0 Å². The van der Waals surface area contributed by atoms with E-state index in [2.05, 4.69) is 5.32 Å². The van der Waals surface area contributed by atoms with E-state index in [0.717, 1.165) is 32.4 Å². The Morgan fingerprint density at radius 2 is 1.93 bits per heavy atom. The Labute approximate surface area is 88.8 Å². The van der Waals surface area contributed by atoms with Gasteiger partial charge < -0.3 is 10.1 Å². The Morgan fingerprint density at radius 3 is 2.67 bits per heavy atom. The van der Waals surface area contributed by atoms with Gasteiger partial charge in [-0.05, 0) is 19.4 Å². The van der Waals surface area contributed by atoms with Crippen molar-refractivity contribution in [2.45, 2.75) is 25.3 Å². The topological polar surface area (TPSA) is 58.6 Å². The first-order chi connectivity index (χ1) is 7.29. The summed E-state index contributed by atoms with van der Waals surface area (Å²) in [6.45, 7) is 1.78. The van der Waals surface area contributed by atoms with Crippen molar-refractivity contribution in [3.8, 4) is 0 Å². The van der Waals surface area contributed by atoms with Gasteiger partial charge in [-0.1, -0.05) is 6.42 Å². The number of rotatable bonds is 1. The Bertz CT molecular complexity index is 243. The second-order valence-corrected chi connectivity index (χ2v) is 4.00. The highest BCUT2D eigenvalue weighted by Crippen LogP contribution is 2.14. The zero-order valence-electron chi connectivity index (χ0n) is 8.70. The number of amides is 2. The molecule has 0 saturated carbocycles. The fourth-order valence-corrected chi connectivity index (χ4v) is 2.13. The van der Waals surface area contributed by atoms with Gasteiger partial charge in [0.2, 0.25) is 0 Å². The molecule has 5 heteroatoms. The van der Waals surface area contributed by atoms with Crippen molar-refractivity contribution in [3.63, 3.8) is 0 Å². The Balaban J connectivity index is 2.05. The van der Waals surface area contributed by atoms with Gasteiger partial charge in [0.25, 0.3) is 11.8 Å². The monoisotopic (exact) mass is 212 g/mol. The van der Waals surface area contributed by atoms with E-state index in [-0.39, 0.29) is 31.1 Å². The number of nitrogens with zero attached hydrogens (tertiary/aromatic N) is 1. The van der Waals surface area contributed by atoms with E-state index in [1.807, 2.05) is 0 Å². The lowest BCUT2D eigenvalue weighted by atomic mass is 10.1. The SMILES string of the molecule is O=C1COCC(=O)N1C1CCCCNC1. The third kappa shape index (κ3) is 2.35. The third-order valence-corrected chi connectivity index (χ3v) is 2.87. The van der Waals surface area contributed by atoms with Crippen LogP contribution in [-0.2, 0) is 14.3 Å². The van der Waals surface area contributed by atoms with Crippen LogP contribution < -0.4 is 5.32 Å². The molecule has 0 radical (unpaired) electrons. The molecular weight excluding hydrogens is 196 g/mol. The van der Waals surface area contributed by atoms with Crippen LogP contribution in [0.4, 0.5) is 0 Å². The number of carbonyl (C=O) groups is 2. The van der Waals surface area contributed by atoms with Gasteiger partial charge in [-0.2, -0.15) is 0 Å². The van der Waals surface area contributed by atoms with Crippen LogP contribution in [0.3, 0.4) is 0 Å². The summed E-state index contributed by atoms with van der Waals surface area (Å²) in [6.07, 6.45) is 3.09. The Hall–Kier alpha value is -0.940. The van der Waals surface area contributed by atoms with E-state index in [4.69, 9.17) is 4.74 Å². The van der Waals surface area contributed by atoms with Crippen LogP contribution in [-0.4, -0.2) is 49.1 Å². The van der Waals surface area contributed by atoms with Gasteiger partial charge in [-0.15, -0.1) is 0 Å². The highest BCUT2D eigenvalue weighted by molar-refractivity contribution is 5.98. The van der Waals surface area contributed by atoms with Crippen LogP contribution in [0.15, 0.2) is 0 Å². The number of hydrogen-bond acceptors (Lipinski definition) is 4. The molecule has 84 valence electrons. The lowest BCUT2D eigenvalue weighted by molar-refractivity contribution is -0.161. The van der Waals surface area contributed by atoms with Crippen molar-refractivity contribution in [2.75, 3.05) is 26.3 Å². The van der Waals surface area contributed by atoms with Crippen LogP contribution in [0, 0.1) is 0 Å². The molecule has 2 fully saturated rings. The number of hydrogen-bond donors (Lipinski definition) is 1. The van der Waals surface area contributed by atoms with E-state index >= 15 is 0 Å². The van der Waals surface area contributed by atoms with Gasteiger partial charge in [0.1, 0.15) is 13.2 Å². The molecule has 5 nitrogen and oxygen atoms in total. The maximum absolute atomic E-state index is 11.6. The van der Waals surface area contributed by atoms with Crippen molar-refractivity contribution < 1.29 is 14.3 Å². The minimum absolute atomic E-state index is 0.0244. The van der Waals surface area contributed by atoms with Crippen molar-refractivity contribution in [1.29, 1.82) is 0 Å². The molecule has 0 aromatic carbocycles. The van der Waals surface area contributed by atoms with E-state index in [1.165, 1.54) is 4.90 Å². The summed E-state index contributed by atoms with van der Waals surface area (Å²) in [5.41, 5.74) is 0. The summed E-state index contributed by atoms with van der Waals surface area (Å²) in [7, 11) is 0. The first-order valence-electron chi connectivity index (χ1n) is 5.42. The third-order valence-electron chi connectivity index (χ3n) is 2.87. The molecule has 2 heterocycles. The second kappa shape index (κ2) is 4.72. The van der Waals surface area contributed by atoms with Gasteiger partial charge in [0.05, 0.1) is 6.04 Å². The van der Waals surface area contributed by atoms with E-state index in [0.29, 0.717) is 0 Å². The molecule has 0 spiro atoms. The Morgan fingerprint density at radius 1 is 1.20 bits per heavy atom. The summed E-state index contributed by atoms with van der Waals surface area (Å²) in [6, 6.07) is 0.0244. The molecule has 0 aromatic rings. The van der Waals surface area contributed by atoms with Crippen LogP contribution in [0.25, 0.3) is 0 Å². The molecule has 2 aliphatic heterocycles. The average molecular weight is 212 g/mol. The van der Waals surface area contributed by atoms with E-state index < -0.39 is 0 Å². The number of nitrogens with one attached hydrogen (secondary N) is 1. The maximum Gasteiger partial charge on any atom is 0.255 e. The van der Waals surface area contributed by atoms with Crippen LogP contribution in [0.5, 0.6) is 0 Å². The summed E-state index contributed by atoms with van der Waals surface area (Å²) in [5.74, 6) is -0.389. The van der Waals surface area contributed by atoms with Crippen LogP contribution in [0.2, 0.25) is 0 Å². The molecule has 0 bridgehead atoms. The molecule has 0 aromatic heterocycles. The van der Waals surface area contributed by atoms with Gasteiger partial charge in [0.15, 0.2) is 0 Å². The summed E-state index contributed by atoms with van der Waals surface area (Å²) in [5, 5.41) is 3.25. The zero-order chi connectivity index (χ0) is 10.7. The maximum atomic E-state index is 11.6. The number of carbonyl (C=O) groups excluding carboxylic acids is 2. The Kier molecular flexibility index (Phi) is 3.33. The van der Waals surface area contributed by atoms with Gasteiger partial charge >= 0.3 is 0 Å². The molecule has 1 N–H and O–H groups in total. The fourth-order valence-electron chi connectivity index (χ4n) is 2.13. The first kappa shape index (κ1) is 10.6. The van der Waals surface area contributed by atoms with Crippen LogP contribution in [0.1, 0.15) is 19.3 Å². The van der Waals surface area contributed by atoms with Gasteiger partial charge in [-0.3, -0.25) is 14.5 Å². The summed E-state index contributed by atoms with van der Waals surface area (Å²) >= 11 is 0. The van der Waals surface area contributed by atoms with Crippen molar-refractivity contribution in [2.24, 2.45) is 0 Å². The predicted molar refractivity (Wildman–Crippen MR) is 53.2 cm³/mol. The highest BCUT2D eigenvalue weighted by Gasteiger charge is 2.33. The highest BCUT2D eigenvalue weighted by atomic mass is 16.5. The summed E-state index contributed by atoms with van der Waals surface area (Å²) < 4.78 is 4.89. The number of imide groups is 1. The van der Waals surface area contributed by atoms with Crippen molar-refractivity contribution >= 4 is 11.8 Å². The standard InChI is InChI=1S/C10H16N2O3/c13-9-6-15-7-10(14)12(9)8-3-1-2-4-11-5-8/h8,11H,1-7H2. The van der Waals surface area contributed by atoms with Gasteiger partial charge in [-0.25, -0.2) is 0 Å². The molecule has 2 aliphatic rings. The largest absolute Gasteiger partial charge is 0.362 e. The van der Waals surface area contributed by atoms with Crippen molar-refractivity contribution in [1.82, 2.24) is 10.2 Å². The van der Waals surface area contributed by atoms with E-state index in [9.17, 15) is 9.59 Å². The minimum atomic E-state index is -0.194. The van der Waals surface area contributed by atoms with Crippen LogP contribution >= 0.6 is 0 Å². The minimum Gasteiger partial charge on any atom is -0.362 e. The molecule has 2 amide bonds. The molecule has 2 saturated heterocycles. The lowest BCUT2D eigenvalue weighted by Gasteiger charge is -2.32. The normalized spacial score (nSPS) is 29.1. The average Bonchev–Trinajstić information content (AvgIpc) is 2.46. The van der Waals surface area contributed by atoms with Gasteiger partial charge in [0, 0.05) is 6.54 Å². The molecule has 0 aliphatic carbocycles. The molecular formula is C10H16N2O3. The number of ether oxygens (including phenoxy) is 1. The lowest BCUT2D eigenvalue weighted by Crippen LogP contribution is -2.54. The zero-order valence-corrected chi connectivity index (χ0v) is 8.70. The summed E-state index contributed by atoms with van der Waals surface area (Å²) in [4.78, 5) is 24.5. The molecule has 15 heavy (non-hydrogen) atoms. The molecule has 2 rings (SSSR count). The molecule has 1 unspecified atom stereocenters.